The van der Waals surface area contributed by atoms with Crippen LogP contribution in [-0.4, -0.2) is 25.5 Å². The molecule has 4 aromatic rings. The number of nitrogens with zero attached hydrogens (tertiary/aromatic N) is 4. The Bertz CT molecular complexity index is 1450. The molecule has 0 saturated heterocycles. The van der Waals surface area contributed by atoms with E-state index in [0.29, 0.717) is 22.8 Å². The van der Waals surface area contributed by atoms with Crippen molar-refractivity contribution in [3.8, 4) is 23.3 Å². The maximum atomic E-state index is 13.8. The van der Waals surface area contributed by atoms with Crippen molar-refractivity contribution in [2.45, 2.75) is 6.54 Å². The van der Waals surface area contributed by atoms with Crippen molar-refractivity contribution in [3.63, 3.8) is 0 Å². The van der Waals surface area contributed by atoms with Crippen LogP contribution in [0.2, 0.25) is 0 Å². The van der Waals surface area contributed by atoms with Crippen molar-refractivity contribution in [3.05, 3.63) is 74.7 Å². The first-order valence-corrected chi connectivity index (χ1v) is 9.40. The topological polar surface area (TPSA) is 89.5 Å². The molecule has 0 radical (unpaired) electrons. The first kappa shape index (κ1) is 18.9. The number of hydrogen-bond acceptors (Lipinski definition) is 6. The summed E-state index contributed by atoms with van der Waals surface area (Å²) in [5.74, 6) is 1.12. The lowest BCUT2D eigenvalue weighted by atomic mass is 10.2. The van der Waals surface area contributed by atoms with E-state index >= 15 is 0 Å². The van der Waals surface area contributed by atoms with Gasteiger partial charge in [-0.2, -0.15) is 4.98 Å². The molecule has 0 atom stereocenters. The number of aromatic nitrogens is 4. The van der Waals surface area contributed by atoms with E-state index in [1.165, 1.54) is 35.4 Å². The molecule has 0 amide bonds. The fourth-order valence-corrected chi connectivity index (χ4v) is 3.51. The molecule has 5 rings (SSSR count). The Morgan fingerprint density at radius 2 is 1.87 bits per heavy atom. The lowest BCUT2D eigenvalue weighted by molar-refractivity contribution is 0.174. The zero-order valence-corrected chi connectivity index (χ0v) is 16.7. The van der Waals surface area contributed by atoms with Crippen LogP contribution in [0.25, 0.3) is 11.2 Å². The molecule has 10 heteroatoms. The molecule has 0 bridgehead atoms. The molecule has 9 nitrogen and oxygen atoms in total. The monoisotopic (exact) mass is 424 g/mol. The lowest BCUT2D eigenvalue weighted by Crippen LogP contribution is -2.37. The molecular weight excluding hydrogens is 407 g/mol. The quantitative estimate of drug-likeness (QED) is 0.499. The van der Waals surface area contributed by atoms with E-state index in [9.17, 15) is 14.0 Å². The van der Waals surface area contributed by atoms with Gasteiger partial charge in [-0.25, -0.2) is 9.18 Å². The summed E-state index contributed by atoms with van der Waals surface area (Å²) in [5.41, 5.74) is -0.0966. The molecule has 2 aromatic carbocycles. The van der Waals surface area contributed by atoms with Crippen LogP contribution in [0, 0.1) is 5.82 Å². The Morgan fingerprint density at radius 1 is 1.06 bits per heavy atom. The highest BCUT2D eigenvalue weighted by Gasteiger charge is 2.22. The van der Waals surface area contributed by atoms with Gasteiger partial charge in [0.2, 0.25) is 6.79 Å². The van der Waals surface area contributed by atoms with Crippen molar-refractivity contribution in [2.24, 2.45) is 14.1 Å². The summed E-state index contributed by atoms with van der Waals surface area (Å²) < 4.78 is 34.2. The SMILES string of the molecule is Cn1c(=O)c2c(nc(Oc3ccc4c(c3)OCO4)n2Cc2cccc(F)c2)n(C)c1=O. The molecule has 31 heavy (non-hydrogen) atoms. The third-order valence-electron chi connectivity index (χ3n) is 5.10. The van der Waals surface area contributed by atoms with Crippen LogP contribution in [-0.2, 0) is 20.6 Å². The zero-order valence-electron chi connectivity index (χ0n) is 16.7. The van der Waals surface area contributed by atoms with Gasteiger partial charge in [0.15, 0.2) is 22.7 Å². The minimum absolute atomic E-state index is 0.0800. The van der Waals surface area contributed by atoms with Crippen LogP contribution in [0.15, 0.2) is 52.1 Å². The highest BCUT2D eigenvalue weighted by atomic mass is 19.1. The van der Waals surface area contributed by atoms with Crippen molar-refractivity contribution >= 4 is 11.2 Å². The molecule has 0 spiro atoms. The highest BCUT2D eigenvalue weighted by Crippen LogP contribution is 2.36. The predicted molar refractivity (Wildman–Crippen MR) is 108 cm³/mol. The first-order chi connectivity index (χ1) is 14.9. The van der Waals surface area contributed by atoms with Gasteiger partial charge in [0.25, 0.3) is 5.56 Å². The van der Waals surface area contributed by atoms with Crippen molar-refractivity contribution in [1.29, 1.82) is 0 Å². The number of ether oxygens (including phenoxy) is 3. The highest BCUT2D eigenvalue weighted by molar-refractivity contribution is 5.72. The summed E-state index contributed by atoms with van der Waals surface area (Å²) in [6.07, 6.45) is 0. The van der Waals surface area contributed by atoms with E-state index in [2.05, 4.69) is 4.98 Å². The fourth-order valence-electron chi connectivity index (χ4n) is 3.51. The first-order valence-electron chi connectivity index (χ1n) is 9.40. The van der Waals surface area contributed by atoms with E-state index in [1.807, 2.05) is 0 Å². The Labute approximate surface area is 174 Å². The van der Waals surface area contributed by atoms with Gasteiger partial charge in [0, 0.05) is 20.2 Å². The molecule has 2 aromatic heterocycles. The summed E-state index contributed by atoms with van der Waals surface area (Å²) in [4.78, 5) is 29.7. The Hall–Kier alpha value is -4.08. The van der Waals surface area contributed by atoms with E-state index in [4.69, 9.17) is 14.2 Å². The van der Waals surface area contributed by atoms with Crippen LogP contribution >= 0.6 is 0 Å². The molecular formula is C21H17FN4O5. The van der Waals surface area contributed by atoms with Gasteiger partial charge in [-0.05, 0) is 29.8 Å². The number of halogens is 1. The number of benzene rings is 2. The van der Waals surface area contributed by atoms with Crippen LogP contribution in [0.1, 0.15) is 5.56 Å². The maximum Gasteiger partial charge on any atom is 0.332 e. The Morgan fingerprint density at radius 3 is 2.68 bits per heavy atom. The average Bonchev–Trinajstić information content (AvgIpc) is 3.35. The van der Waals surface area contributed by atoms with Gasteiger partial charge in [0.1, 0.15) is 11.6 Å². The molecule has 0 saturated carbocycles. The molecule has 0 fully saturated rings. The zero-order chi connectivity index (χ0) is 21.7. The van der Waals surface area contributed by atoms with Gasteiger partial charge in [-0.15, -0.1) is 0 Å². The second-order valence-electron chi connectivity index (χ2n) is 7.11. The van der Waals surface area contributed by atoms with Crippen LogP contribution in [0.4, 0.5) is 4.39 Å². The summed E-state index contributed by atoms with van der Waals surface area (Å²) in [6.45, 7) is 0.233. The second kappa shape index (κ2) is 7.01. The van der Waals surface area contributed by atoms with Gasteiger partial charge < -0.3 is 14.2 Å². The van der Waals surface area contributed by atoms with Crippen molar-refractivity contribution in [2.75, 3.05) is 6.79 Å². The minimum Gasteiger partial charge on any atom is -0.454 e. The fraction of sp³-hybridized carbons (Fsp3) is 0.190. The molecule has 0 aliphatic carbocycles. The number of aryl methyl sites for hydroxylation is 1. The molecule has 0 N–H and O–H groups in total. The summed E-state index contributed by atoms with van der Waals surface area (Å²) in [5, 5.41) is 0. The lowest BCUT2D eigenvalue weighted by Gasteiger charge is -2.11. The normalized spacial score (nSPS) is 12.5. The van der Waals surface area contributed by atoms with Crippen LogP contribution in [0.3, 0.4) is 0 Å². The van der Waals surface area contributed by atoms with Gasteiger partial charge >= 0.3 is 11.7 Å². The van der Waals surface area contributed by atoms with Gasteiger partial charge in [-0.1, -0.05) is 12.1 Å². The third-order valence-corrected chi connectivity index (χ3v) is 5.10. The van der Waals surface area contributed by atoms with Gasteiger partial charge in [0.05, 0.1) is 6.54 Å². The third kappa shape index (κ3) is 3.12. The summed E-state index contributed by atoms with van der Waals surface area (Å²) in [6, 6.07) is 11.1. The largest absolute Gasteiger partial charge is 0.454 e. The predicted octanol–water partition coefficient (Wildman–Crippen LogP) is 2.14. The van der Waals surface area contributed by atoms with Crippen molar-refractivity contribution in [1.82, 2.24) is 18.7 Å². The molecule has 1 aliphatic heterocycles. The standard InChI is InChI=1S/C21H17FN4O5/c1-24-18-17(19(27)25(2)21(24)28)26(10-12-4-3-5-13(22)8-12)20(23-18)31-14-6-7-15-16(9-14)30-11-29-15/h3-9H,10-11H2,1-2H3. The average molecular weight is 424 g/mol. The van der Waals surface area contributed by atoms with E-state index in [-0.39, 0.29) is 30.5 Å². The van der Waals surface area contributed by atoms with E-state index < -0.39 is 17.1 Å². The van der Waals surface area contributed by atoms with E-state index in [1.54, 1.807) is 30.3 Å². The molecule has 3 heterocycles. The summed E-state index contributed by atoms with van der Waals surface area (Å²) >= 11 is 0. The number of imidazole rings is 1. The van der Waals surface area contributed by atoms with Crippen LogP contribution in [0.5, 0.6) is 23.3 Å². The van der Waals surface area contributed by atoms with Crippen molar-refractivity contribution < 1.29 is 18.6 Å². The number of rotatable bonds is 4. The molecule has 0 unspecified atom stereocenters. The smallest absolute Gasteiger partial charge is 0.332 e. The van der Waals surface area contributed by atoms with Gasteiger partial charge in [-0.3, -0.25) is 18.5 Å². The number of hydrogen-bond donors (Lipinski definition) is 0. The number of fused-ring (bicyclic) bond motifs is 2. The Kier molecular flexibility index (Phi) is 4.28. The van der Waals surface area contributed by atoms with Crippen LogP contribution < -0.4 is 25.5 Å². The minimum atomic E-state index is -0.525. The second-order valence-corrected chi connectivity index (χ2v) is 7.11. The van der Waals surface area contributed by atoms with E-state index in [0.717, 1.165) is 4.57 Å². The molecule has 1 aliphatic rings. The molecule has 158 valence electrons. The maximum absolute atomic E-state index is 13.8. The Balaban J connectivity index is 1.69. The summed E-state index contributed by atoms with van der Waals surface area (Å²) in [7, 11) is 2.91.